The topological polar surface area (TPSA) is 278 Å². The Bertz CT molecular complexity index is 5880. The molecular weight excluding hydrogens is 1350 g/mol. The third kappa shape index (κ3) is 13.8. The van der Waals surface area contributed by atoms with Gasteiger partial charge < -0.3 is 32.8 Å². The van der Waals surface area contributed by atoms with Crippen LogP contribution in [0.3, 0.4) is 0 Å². The van der Waals surface area contributed by atoms with Gasteiger partial charge >= 0.3 is 6.18 Å². The van der Waals surface area contributed by atoms with Gasteiger partial charge in [-0.1, -0.05) is 29.8 Å². The Kier molecular flexibility index (Phi) is 18.1. The van der Waals surface area contributed by atoms with Crippen LogP contribution in [0.25, 0.3) is 89.1 Å². The molecular formula is C70H54ClF3N18O8S. The number of sulfonamides is 1. The van der Waals surface area contributed by atoms with Gasteiger partial charge in [-0.15, -0.1) is 30.6 Å². The molecule has 0 bridgehead atoms. The fourth-order valence-corrected chi connectivity index (χ4v) is 11.9. The zero-order chi connectivity index (χ0) is 69.9. The van der Waals surface area contributed by atoms with E-state index in [4.69, 9.17) is 45.1 Å². The van der Waals surface area contributed by atoms with E-state index in [-0.39, 0.29) is 24.7 Å². The summed E-state index contributed by atoms with van der Waals surface area (Å²) in [5.74, 6) is 5.63. The highest BCUT2D eigenvalue weighted by Gasteiger charge is 2.33. The minimum Gasteiger partial charge on any atom is -0.497 e. The zero-order valence-corrected chi connectivity index (χ0v) is 55.5. The third-order valence-corrected chi connectivity index (χ3v) is 18.1. The van der Waals surface area contributed by atoms with Crippen molar-refractivity contribution in [2.75, 3.05) is 35.4 Å². The second-order valence-corrected chi connectivity index (χ2v) is 24.9. The summed E-state index contributed by atoms with van der Waals surface area (Å²) in [4.78, 5) is 17.6. The van der Waals surface area contributed by atoms with Crippen LogP contribution < -0.4 is 28.4 Å². The fourth-order valence-electron chi connectivity index (χ4n) is 10.7. The molecule has 26 nitrogen and oxygen atoms in total. The van der Waals surface area contributed by atoms with Crippen LogP contribution in [0.5, 0.6) is 34.5 Å². The second kappa shape index (κ2) is 27.8. The smallest absolute Gasteiger partial charge is 0.417 e. The highest BCUT2D eigenvalue weighted by molar-refractivity contribution is 7.89. The molecule has 16 aromatic rings. The molecule has 0 amide bonds. The summed E-state index contributed by atoms with van der Waals surface area (Å²) in [5.41, 5.74) is 7.94. The number of alkyl halides is 3. The molecule has 31 heteroatoms. The molecule has 0 atom stereocenters. The Morgan fingerprint density at radius 2 is 0.851 bits per heavy atom. The molecule has 506 valence electrons. The lowest BCUT2D eigenvalue weighted by Gasteiger charge is -2.11. The highest BCUT2D eigenvalue weighted by atomic mass is 35.5. The lowest BCUT2D eigenvalue weighted by atomic mass is 10.1. The summed E-state index contributed by atoms with van der Waals surface area (Å²) in [6.45, 7) is 0.405. The quantitative estimate of drug-likeness (QED) is 0.0819. The summed E-state index contributed by atoms with van der Waals surface area (Å²) in [6.07, 6.45) is 6.15. The average Bonchev–Trinajstić information content (AvgIpc) is 1.75. The fraction of sp³-hybridized carbons (Fsp3) is 0.129. The summed E-state index contributed by atoms with van der Waals surface area (Å²) >= 11 is 5.86. The van der Waals surface area contributed by atoms with Gasteiger partial charge in [-0.25, -0.2) is 17.7 Å². The van der Waals surface area contributed by atoms with E-state index in [1.807, 2.05) is 102 Å². The van der Waals surface area contributed by atoms with Crippen molar-refractivity contribution in [1.29, 1.82) is 0 Å². The van der Waals surface area contributed by atoms with E-state index in [0.29, 0.717) is 79.9 Å². The molecule has 101 heavy (non-hydrogen) atoms. The first kappa shape index (κ1) is 65.7. The van der Waals surface area contributed by atoms with Crippen LogP contribution in [-0.2, 0) is 36.0 Å². The Balaban J connectivity index is 0.000000129. The number of aromatic nitrogens is 17. The summed E-state index contributed by atoms with van der Waals surface area (Å²) in [7, 11) is 4.32. The molecule has 0 aliphatic carbocycles. The molecule has 0 radical (unpaired) electrons. The molecule has 0 saturated carbocycles. The van der Waals surface area contributed by atoms with Gasteiger partial charge in [0.2, 0.25) is 10.0 Å². The van der Waals surface area contributed by atoms with Crippen LogP contribution in [0, 0.1) is 0 Å². The van der Waals surface area contributed by atoms with Crippen molar-refractivity contribution >= 4 is 76.9 Å². The van der Waals surface area contributed by atoms with Crippen molar-refractivity contribution in [1.82, 2.24) is 88.1 Å². The van der Waals surface area contributed by atoms with E-state index in [0.717, 1.165) is 67.2 Å². The van der Waals surface area contributed by atoms with E-state index in [9.17, 15) is 21.6 Å². The molecule has 16 rings (SSSR count). The summed E-state index contributed by atoms with van der Waals surface area (Å²) < 4.78 is 106. The summed E-state index contributed by atoms with van der Waals surface area (Å²) in [5, 5.41) is 41.1. The maximum atomic E-state index is 13.0. The molecule has 0 aliphatic rings. The number of methoxy groups -OCH3 is 3. The van der Waals surface area contributed by atoms with Crippen molar-refractivity contribution in [3.8, 4) is 68.3 Å². The molecule has 0 fully saturated rings. The first-order chi connectivity index (χ1) is 49.0. The minimum atomic E-state index is -4.53. The van der Waals surface area contributed by atoms with Gasteiger partial charge in [-0.3, -0.25) is 15.0 Å². The van der Waals surface area contributed by atoms with Gasteiger partial charge in [0.25, 0.3) is 0 Å². The number of rotatable bonds is 17. The van der Waals surface area contributed by atoms with Gasteiger partial charge in [-0.05, 0) is 127 Å². The lowest BCUT2D eigenvalue weighted by Crippen LogP contribution is -2.22. The molecule has 11 aromatic heterocycles. The Morgan fingerprint density at radius 1 is 0.446 bits per heavy atom. The standard InChI is InChI=1S/C24H22N6O4S.C23H15ClF3N5O2.C23H17N7O2/c1-29(2)35(31,32)18-7-4-16(5-8-18)20-10-11-23-26-27-24(30(23)28-20)15-34-22-12-13-25-21-14-17(33-3)6-9-19(21)22;1-33-14-3-4-15-19(11-14)28-9-8-20(15)34-12-22-30-29-21-7-6-18(31-32(21)22)13-2-5-16(17(24)10-13)23(25,26)27;1-31-16-3-4-17-19(12-16)24-9-8-20(17)32-14-23-27-26-22-7-5-18(28-30(22)23)15-2-6-21-25-10-11-29(21)13-15/h4-14H,15H2,1-3H3;2-11H,12H2,1H3;2-13H,14H2,1H3. The van der Waals surface area contributed by atoms with E-state index in [1.165, 1.54) is 35.0 Å². The molecule has 0 unspecified atom stereocenters. The zero-order valence-electron chi connectivity index (χ0n) is 53.9. The molecule has 0 saturated heterocycles. The third-order valence-electron chi connectivity index (χ3n) is 16.0. The van der Waals surface area contributed by atoms with E-state index in [1.54, 1.807) is 116 Å². The van der Waals surface area contributed by atoms with Crippen molar-refractivity contribution in [2.45, 2.75) is 30.9 Å². The number of nitrogens with zero attached hydrogens (tertiary/aromatic N) is 18. The SMILES string of the molecule is COc1ccc2c(OCc3nnc4ccc(-c5ccc(C(F)(F)F)c(Cl)c5)nn34)ccnc2c1.COc1ccc2c(OCc3nnc4ccc(-c5ccc(S(=O)(=O)N(C)C)cc5)nn34)ccnc2c1.COc1ccc2c(OCc3nnc4ccc(-c5ccc6nccn6c5)nn34)ccnc2c1. The number of hydrogen-bond donors (Lipinski definition) is 0. The van der Waals surface area contributed by atoms with Crippen molar-refractivity contribution in [2.24, 2.45) is 0 Å². The van der Waals surface area contributed by atoms with Gasteiger partial charge in [0.1, 0.15) is 60.0 Å². The Labute approximate surface area is 575 Å². The largest absolute Gasteiger partial charge is 0.497 e. The van der Waals surface area contributed by atoms with Gasteiger partial charge in [0, 0.05) is 102 Å². The number of ether oxygens (including phenoxy) is 6. The number of benzene rings is 5. The van der Waals surface area contributed by atoms with Crippen molar-refractivity contribution in [3.63, 3.8) is 0 Å². The normalized spacial score (nSPS) is 11.7. The van der Waals surface area contributed by atoms with Crippen LogP contribution in [-0.4, -0.2) is 132 Å². The van der Waals surface area contributed by atoms with Crippen LogP contribution in [0.4, 0.5) is 13.2 Å². The average molecular weight is 1400 g/mol. The first-order valence-corrected chi connectivity index (χ1v) is 32.4. The number of pyridine rings is 4. The van der Waals surface area contributed by atoms with Gasteiger partial charge in [-0.2, -0.15) is 42.0 Å². The van der Waals surface area contributed by atoms with E-state index in [2.05, 4.69) is 60.7 Å². The molecule has 5 aromatic carbocycles. The molecule has 0 aliphatic heterocycles. The first-order valence-electron chi connectivity index (χ1n) is 30.6. The Hall–Kier alpha value is -12.5. The minimum absolute atomic E-state index is 0.0521. The maximum Gasteiger partial charge on any atom is 0.417 e. The maximum absolute atomic E-state index is 13.0. The molecule has 0 spiro atoms. The number of fused-ring (bicyclic) bond motifs is 7. The highest BCUT2D eigenvalue weighted by Crippen LogP contribution is 2.37. The van der Waals surface area contributed by atoms with Gasteiger partial charge in [0.15, 0.2) is 34.4 Å². The second-order valence-electron chi connectivity index (χ2n) is 22.4. The monoisotopic (exact) mass is 1400 g/mol. The van der Waals surface area contributed by atoms with Gasteiger partial charge in [0.05, 0.1) is 70.4 Å². The number of hydrogen-bond acceptors (Lipinski definition) is 21. The predicted octanol–water partition coefficient (Wildman–Crippen LogP) is 12.4. The summed E-state index contributed by atoms with van der Waals surface area (Å²) in [6, 6.07) is 46.9. The Morgan fingerprint density at radius 3 is 1.27 bits per heavy atom. The molecule has 11 heterocycles. The lowest BCUT2D eigenvalue weighted by molar-refractivity contribution is -0.137. The number of halogens is 4. The van der Waals surface area contributed by atoms with Crippen LogP contribution in [0.15, 0.2) is 206 Å². The predicted molar refractivity (Wildman–Crippen MR) is 366 cm³/mol. The van der Waals surface area contributed by atoms with Crippen LogP contribution >= 0.6 is 11.6 Å². The van der Waals surface area contributed by atoms with Crippen LogP contribution in [0.2, 0.25) is 5.02 Å². The van der Waals surface area contributed by atoms with E-state index < -0.39 is 26.8 Å². The van der Waals surface area contributed by atoms with Crippen molar-refractivity contribution < 1.29 is 50.0 Å². The van der Waals surface area contributed by atoms with Crippen LogP contribution in [0.1, 0.15) is 23.0 Å². The molecule has 0 N–H and O–H groups in total. The van der Waals surface area contributed by atoms with Crippen molar-refractivity contribution in [3.05, 3.63) is 229 Å². The van der Waals surface area contributed by atoms with E-state index >= 15 is 0 Å². The number of imidazole rings is 1.